The largest absolute Gasteiger partial charge is 0.616 e. The standard InChI is InChI=1S/C13H17FO3S/c1-13(2,3)17-12(15)9-18(16)8-10-4-6-11(14)7-5-10/h4-7H,8-9H2,1-3H3/t18-/m1/s1. The van der Waals surface area contributed by atoms with E-state index in [1.807, 2.05) is 0 Å². The second kappa shape index (κ2) is 6.20. The molecule has 0 bridgehead atoms. The third-order valence-electron chi connectivity index (χ3n) is 1.94. The highest BCUT2D eigenvalue weighted by Gasteiger charge is 2.21. The molecule has 0 spiro atoms. The highest BCUT2D eigenvalue weighted by Crippen LogP contribution is 2.11. The Kier molecular flexibility index (Phi) is 5.16. The maximum Gasteiger partial charge on any atom is 0.356 e. The first-order valence-electron chi connectivity index (χ1n) is 5.57. The fourth-order valence-corrected chi connectivity index (χ4v) is 2.31. The van der Waals surface area contributed by atoms with Gasteiger partial charge in [-0.25, -0.2) is 9.18 Å². The monoisotopic (exact) mass is 272 g/mol. The molecule has 1 aromatic carbocycles. The van der Waals surface area contributed by atoms with E-state index in [9.17, 15) is 13.7 Å². The van der Waals surface area contributed by atoms with Crippen LogP contribution < -0.4 is 0 Å². The van der Waals surface area contributed by atoms with Crippen molar-refractivity contribution >= 4 is 17.1 Å². The summed E-state index contributed by atoms with van der Waals surface area (Å²) in [5, 5.41) is 0. The number of halogens is 1. The molecule has 0 N–H and O–H groups in total. The molecule has 18 heavy (non-hydrogen) atoms. The number of rotatable bonds is 4. The third kappa shape index (κ3) is 6.02. The molecule has 0 fully saturated rings. The Morgan fingerprint density at radius 2 is 1.89 bits per heavy atom. The smallest absolute Gasteiger partial charge is 0.356 e. The molecule has 0 aliphatic rings. The molecule has 1 aromatic rings. The van der Waals surface area contributed by atoms with Gasteiger partial charge in [0.15, 0.2) is 0 Å². The maximum absolute atomic E-state index is 12.7. The number of hydrogen-bond donors (Lipinski definition) is 0. The second-order valence-electron chi connectivity index (χ2n) is 4.94. The fourth-order valence-electron chi connectivity index (χ4n) is 1.32. The molecule has 0 aliphatic heterocycles. The summed E-state index contributed by atoms with van der Waals surface area (Å²) < 4.78 is 29.5. The zero-order valence-electron chi connectivity index (χ0n) is 10.7. The Balaban J connectivity index is 2.44. The average Bonchev–Trinajstić information content (AvgIpc) is 2.18. The minimum atomic E-state index is -1.34. The predicted octanol–water partition coefficient (Wildman–Crippen LogP) is 2.42. The van der Waals surface area contributed by atoms with Crippen LogP contribution >= 0.6 is 0 Å². The van der Waals surface area contributed by atoms with Gasteiger partial charge in [0, 0.05) is 5.56 Å². The number of carbonyl (C=O) groups is 1. The molecule has 0 heterocycles. The van der Waals surface area contributed by atoms with Gasteiger partial charge >= 0.3 is 5.97 Å². The number of esters is 1. The number of hydrogen-bond acceptors (Lipinski definition) is 3. The van der Waals surface area contributed by atoms with Crippen LogP contribution in [0.2, 0.25) is 0 Å². The van der Waals surface area contributed by atoms with E-state index < -0.39 is 22.7 Å². The average molecular weight is 272 g/mol. The molecule has 5 heteroatoms. The van der Waals surface area contributed by atoms with Crippen molar-refractivity contribution in [1.29, 1.82) is 0 Å². The van der Waals surface area contributed by atoms with E-state index in [0.29, 0.717) is 0 Å². The highest BCUT2D eigenvalue weighted by atomic mass is 32.2. The zero-order valence-corrected chi connectivity index (χ0v) is 11.6. The molecule has 3 nitrogen and oxygen atoms in total. The summed E-state index contributed by atoms with van der Waals surface area (Å²) in [6.45, 7) is 5.27. The first-order chi connectivity index (χ1) is 8.26. The lowest BCUT2D eigenvalue weighted by Gasteiger charge is -2.20. The molecule has 0 aliphatic carbocycles. The SMILES string of the molecule is CC(C)(C)OC(=O)C[S@+]([O-])Cc1ccc(F)cc1. The van der Waals surface area contributed by atoms with Crippen molar-refractivity contribution in [2.24, 2.45) is 0 Å². The van der Waals surface area contributed by atoms with Crippen LogP contribution in [0.15, 0.2) is 24.3 Å². The molecule has 1 atom stereocenters. The first-order valence-corrected chi connectivity index (χ1v) is 7.06. The van der Waals surface area contributed by atoms with E-state index in [1.165, 1.54) is 12.1 Å². The summed E-state index contributed by atoms with van der Waals surface area (Å²) in [5.74, 6) is -0.742. The van der Waals surface area contributed by atoms with E-state index >= 15 is 0 Å². The van der Waals surface area contributed by atoms with Crippen LogP contribution in [-0.2, 0) is 26.5 Å². The lowest BCUT2D eigenvalue weighted by Crippen LogP contribution is -2.29. The molecule has 0 radical (unpaired) electrons. The van der Waals surface area contributed by atoms with E-state index in [-0.39, 0.29) is 17.3 Å². The first kappa shape index (κ1) is 15.0. The fraction of sp³-hybridized carbons (Fsp3) is 0.462. The van der Waals surface area contributed by atoms with Crippen molar-refractivity contribution in [3.8, 4) is 0 Å². The van der Waals surface area contributed by atoms with Crippen LogP contribution in [0.25, 0.3) is 0 Å². The number of benzene rings is 1. The van der Waals surface area contributed by atoms with Crippen LogP contribution in [-0.4, -0.2) is 21.9 Å². The van der Waals surface area contributed by atoms with Crippen molar-refractivity contribution in [2.45, 2.75) is 32.1 Å². The predicted molar refractivity (Wildman–Crippen MR) is 69.0 cm³/mol. The van der Waals surface area contributed by atoms with Crippen LogP contribution in [0.1, 0.15) is 26.3 Å². The molecular formula is C13H17FO3S. The molecule has 0 saturated carbocycles. The quantitative estimate of drug-likeness (QED) is 0.624. The summed E-state index contributed by atoms with van der Waals surface area (Å²) in [6, 6.07) is 5.73. The van der Waals surface area contributed by atoms with Gasteiger partial charge in [0.25, 0.3) is 0 Å². The zero-order chi connectivity index (χ0) is 13.8. The molecule has 0 unspecified atom stereocenters. The van der Waals surface area contributed by atoms with Crippen molar-refractivity contribution in [3.63, 3.8) is 0 Å². The van der Waals surface area contributed by atoms with Crippen LogP contribution in [0.4, 0.5) is 4.39 Å². The lowest BCUT2D eigenvalue weighted by atomic mass is 10.2. The summed E-state index contributed by atoms with van der Waals surface area (Å²) in [6.07, 6.45) is 0. The van der Waals surface area contributed by atoms with Gasteiger partial charge in [-0.05, 0) is 44.1 Å². The van der Waals surface area contributed by atoms with Gasteiger partial charge in [-0.2, -0.15) is 0 Å². The van der Waals surface area contributed by atoms with E-state index in [0.717, 1.165) is 5.56 Å². The van der Waals surface area contributed by atoms with E-state index in [2.05, 4.69) is 0 Å². The van der Waals surface area contributed by atoms with E-state index in [1.54, 1.807) is 32.9 Å². The third-order valence-corrected chi connectivity index (χ3v) is 3.15. The van der Waals surface area contributed by atoms with Gasteiger partial charge in [0.05, 0.1) is 0 Å². The molecule has 100 valence electrons. The Morgan fingerprint density at radius 1 is 1.33 bits per heavy atom. The summed E-state index contributed by atoms with van der Waals surface area (Å²) in [7, 11) is 0. The summed E-state index contributed by atoms with van der Waals surface area (Å²) >= 11 is -1.34. The summed E-state index contributed by atoms with van der Waals surface area (Å²) in [5.41, 5.74) is 0.162. The molecular weight excluding hydrogens is 255 g/mol. The Hall–Kier alpha value is -1.07. The van der Waals surface area contributed by atoms with Gasteiger partial charge in [-0.15, -0.1) is 0 Å². The van der Waals surface area contributed by atoms with Crippen molar-refractivity contribution in [3.05, 3.63) is 35.6 Å². The minimum absolute atomic E-state index is 0.144. The van der Waals surface area contributed by atoms with Crippen LogP contribution in [0, 0.1) is 5.82 Å². The summed E-state index contributed by atoms with van der Waals surface area (Å²) in [4.78, 5) is 11.4. The van der Waals surface area contributed by atoms with E-state index in [4.69, 9.17) is 4.74 Å². The lowest BCUT2D eigenvalue weighted by molar-refractivity contribution is -0.151. The molecule has 1 rings (SSSR count). The van der Waals surface area contributed by atoms with Gasteiger partial charge < -0.3 is 9.29 Å². The Bertz CT molecular complexity index is 398. The van der Waals surface area contributed by atoms with Crippen LogP contribution in [0.3, 0.4) is 0 Å². The van der Waals surface area contributed by atoms with Gasteiger partial charge in [0.1, 0.15) is 17.2 Å². The molecule has 0 saturated heterocycles. The van der Waals surface area contributed by atoms with Gasteiger partial charge in [-0.1, -0.05) is 12.1 Å². The van der Waals surface area contributed by atoms with Crippen molar-refractivity contribution in [1.82, 2.24) is 0 Å². The second-order valence-corrected chi connectivity index (χ2v) is 6.40. The van der Waals surface area contributed by atoms with Crippen molar-refractivity contribution in [2.75, 3.05) is 5.75 Å². The van der Waals surface area contributed by atoms with Crippen LogP contribution in [0.5, 0.6) is 0 Å². The Labute approximate surface area is 110 Å². The number of carbonyl (C=O) groups excluding carboxylic acids is 1. The number of ether oxygens (including phenoxy) is 1. The van der Waals surface area contributed by atoms with Crippen molar-refractivity contribution < 1.29 is 18.5 Å². The Morgan fingerprint density at radius 3 is 2.39 bits per heavy atom. The topological polar surface area (TPSA) is 49.4 Å². The highest BCUT2D eigenvalue weighted by molar-refractivity contribution is 7.91. The minimum Gasteiger partial charge on any atom is -0.616 e. The molecule has 0 aromatic heterocycles. The van der Waals surface area contributed by atoms with Gasteiger partial charge in [0.2, 0.25) is 5.75 Å². The molecule has 0 amide bonds. The normalized spacial score (nSPS) is 13.2. The maximum atomic E-state index is 12.7. The van der Waals surface area contributed by atoms with Gasteiger partial charge in [-0.3, -0.25) is 0 Å².